The van der Waals surface area contributed by atoms with Gasteiger partial charge in [0, 0.05) is 48.5 Å². The molecule has 4 heteroatoms. The maximum atomic E-state index is 13.1. The summed E-state index contributed by atoms with van der Waals surface area (Å²) >= 11 is 0. The molecule has 4 rings (SSSR count). The minimum atomic E-state index is 0.0350. The second kappa shape index (κ2) is 8.55. The molecule has 2 aliphatic rings. The molecule has 2 aromatic rings. The first-order valence-electron chi connectivity index (χ1n) is 11.2. The molecule has 0 aromatic heterocycles. The number of allylic oxidation sites excluding steroid dienone is 3. The maximum Gasteiger partial charge on any atom is 0.252 e. The fourth-order valence-corrected chi connectivity index (χ4v) is 4.57. The van der Waals surface area contributed by atoms with Gasteiger partial charge in [0.25, 0.3) is 5.91 Å². The van der Waals surface area contributed by atoms with Crippen molar-refractivity contribution >= 4 is 22.4 Å². The predicted molar refractivity (Wildman–Crippen MR) is 126 cm³/mol. The van der Waals surface area contributed by atoms with E-state index < -0.39 is 0 Å². The van der Waals surface area contributed by atoms with Crippen LogP contribution in [0.15, 0.2) is 60.3 Å². The number of benzene rings is 2. The van der Waals surface area contributed by atoms with Crippen LogP contribution in [0.2, 0.25) is 0 Å². The highest BCUT2D eigenvalue weighted by atomic mass is 16.1. The first-order chi connectivity index (χ1) is 14.6. The van der Waals surface area contributed by atoms with Gasteiger partial charge in [-0.05, 0) is 61.6 Å². The Balaban J connectivity index is 1.40. The smallest absolute Gasteiger partial charge is 0.252 e. The molecule has 1 saturated carbocycles. The molecule has 1 fully saturated rings. The van der Waals surface area contributed by atoms with Crippen LogP contribution in [0.25, 0.3) is 10.8 Å². The molecule has 30 heavy (non-hydrogen) atoms. The van der Waals surface area contributed by atoms with Gasteiger partial charge in [-0.15, -0.1) is 0 Å². The summed E-state index contributed by atoms with van der Waals surface area (Å²) in [7, 11) is 1.91. The molecule has 2 atom stereocenters. The molecule has 1 amide bonds. The van der Waals surface area contributed by atoms with Crippen LogP contribution < -0.4 is 10.6 Å². The molecule has 0 spiro atoms. The third-order valence-corrected chi connectivity index (χ3v) is 6.77. The van der Waals surface area contributed by atoms with Crippen molar-refractivity contribution in [1.29, 1.82) is 0 Å². The Morgan fingerprint density at radius 3 is 2.70 bits per heavy atom. The van der Waals surface area contributed by atoms with Gasteiger partial charge in [-0.2, -0.15) is 0 Å². The third kappa shape index (κ3) is 4.09. The van der Waals surface area contributed by atoms with E-state index in [-0.39, 0.29) is 17.4 Å². The zero-order chi connectivity index (χ0) is 21.1. The molecule has 0 bridgehead atoms. The van der Waals surface area contributed by atoms with Crippen LogP contribution >= 0.6 is 0 Å². The van der Waals surface area contributed by atoms with Crippen molar-refractivity contribution in [2.75, 3.05) is 25.5 Å². The number of likely N-dealkylation sites (N-methyl/N-ethyl adjacent to an activating group) is 1. The van der Waals surface area contributed by atoms with Crippen molar-refractivity contribution in [3.05, 3.63) is 65.9 Å². The number of amides is 1. The number of rotatable bonds is 8. The summed E-state index contributed by atoms with van der Waals surface area (Å²) < 4.78 is 0. The van der Waals surface area contributed by atoms with Crippen molar-refractivity contribution in [2.45, 2.75) is 45.6 Å². The van der Waals surface area contributed by atoms with E-state index in [1.165, 1.54) is 5.70 Å². The average Bonchev–Trinajstić information content (AvgIpc) is 3.42. The molecule has 4 nitrogen and oxygen atoms in total. The quantitative estimate of drug-likeness (QED) is 0.626. The third-order valence-electron chi connectivity index (χ3n) is 6.77. The van der Waals surface area contributed by atoms with Crippen molar-refractivity contribution in [3.63, 3.8) is 0 Å². The highest BCUT2D eigenvalue weighted by molar-refractivity contribution is 6.10. The minimum absolute atomic E-state index is 0.0350. The maximum absolute atomic E-state index is 13.1. The molecule has 158 valence electrons. The predicted octanol–water partition coefficient (Wildman–Crippen LogP) is 5.34. The molecule has 2 unspecified atom stereocenters. The molecular weight excluding hydrogens is 370 g/mol. The van der Waals surface area contributed by atoms with Gasteiger partial charge in [0.2, 0.25) is 0 Å². The van der Waals surface area contributed by atoms with Crippen molar-refractivity contribution in [1.82, 2.24) is 10.2 Å². The Hall–Kier alpha value is -2.75. The zero-order valence-corrected chi connectivity index (χ0v) is 18.4. The fraction of sp³-hybridized carbons (Fsp3) is 0.423. The van der Waals surface area contributed by atoms with E-state index in [4.69, 9.17) is 0 Å². The second-order valence-corrected chi connectivity index (χ2v) is 8.78. The van der Waals surface area contributed by atoms with Gasteiger partial charge in [0.1, 0.15) is 0 Å². The first kappa shape index (κ1) is 20.5. The van der Waals surface area contributed by atoms with Crippen LogP contribution in [0.4, 0.5) is 5.69 Å². The number of carbonyl (C=O) groups excluding carboxylic acids is 1. The van der Waals surface area contributed by atoms with Gasteiger partial charge < -0.3 is 15.5 Å². The lowest BCUT2D eigenvalue weighted by atomic mass is 10.0. The van der Waals surface area contributed by atoms with Gasteiger partial charge in [-0.25, -0.2) is 0 Å². The highest BCUT2D eigenvalue weighted by Crippen LogP contribution is 2.49. The molecule has 2 aliphatic carbocycles. The summed E-state index contributed by atoms with van der Waals surface area (Å²) in [6.07, 6.45) is 11.3. The second-order valence-electron chi connectivity index (χ2n) is 8.78. The fourth-order valence-electron chi connectivity index (χ4n) is 4.57. The number of hydrogen-bond donors (Lipinski definition) is 2. The van der Waals surface area contributed by atoms with E-state index in [0.29, 0.717) is 0 Å². The summed E-state index contributed by atoms with van der Waals surface area (Å²) in [5.74, 6) is 0.0350. The topological polar surface area (TPSA) is 44.4 Å². The van der Waals surface area contributed by atoms with Crippen LogP contribution in [-0.2, 0) is 0 Å². The zero-order valence-electron chi connectivity index (χ0n) is 18.4. The number of carbonyl (C=O) groups is 1. The van der Waals surface area contributed by atoms with Gasteiger partial charge in [-0.1, -0.05) is 43.3 Å². The van der Waals surface area contributed by atoms with Gasteiger partial charge in [-0.3, -0.25) is 4.79 Å². The number of nitrogens with zero attached hydrogens (tertiary/aromatic N) is 1. The summed E-state index contributed by atoms with van der Waals surface area (Å²) in [6, 6.07) is 12.3. The average molecular weight is 404 g/mol. The molecule has 0 saturated heterocycles. The molecule has 2 aromatic carbocycles. The molecule has 2 N–H and O–H groups in total. The Kier molecular flexibility index (Phi) is 5.85. The van der Waals surface area contributed by atoms with E-state index in [1.54, 1.807) is 0 Å². The largest absolute Gasteiger partial charge is 0.388 e. The number of anilines is 1. The summed E-state index contributed by atoms with van der Waals surface area (Å²) in [5.41, 5.74) is 3.34. The Morgan fingerprint density at radius 1 is 1.17 bits per heavy atom. The number of fused-ring (bicyclic) bond motifs is 1. The monoisotopic (exact) mass is 403 g/mol. The molecular formula is C26H33N3O. The lowest BCUT2D eigenvalue weighted by Crippen LogP contribution is -2.31. The van der Waals surface area contributed by atoms with E-state index in [2.05, 4.69) is 53.7 Å². The van der Waals surface area contributed by atoms with E-state index in [0.717, 1.165) is 60.8 Å². The van der Waals surface area contributed by atoms with Crippen molar-refractivity contribution < 1.29 is 4.79 Å². The minimum Gasteiger partial charge on any atom is -0.388 e. The van der Waals surface area contributed by atoms with E-state index in [9.17, 15) is 4.79 Å². The lowest BCUT2D eigenvalue weighted by Gasteiger charge is -2.27. The molecule has 0 heterocycles. The summed E-state index contributed by atoms with van der Waals surface area (Å²) in [5, 5.41) is 8.60. The van der Waals surface area contributed by atoms with Crippen molar-refractivity contribution in [3.8, 4) is 0 Å². The van der Waals surface area contributed by atoms with Gasteiger partial charge >= 0.3 is 0 Å². The normalized spacial score (nSPS) is 22.5. The lowest BCUT2D eigenvalue weighted by molar-refractivity contribution is 0.0946. The highest BCUT2D eigenvalue weighted by Gasteiger charge is 2.50. The van der Waals surface area contributed by atoms with E-state index in [1.807, 2.05) is 37.4 Å². The summed E-state index contributed by atoms with van der Waals surface area (Å²) in [6.45, 7) is 6.58. The number of hydrogen-bond acceptors (Lipinski definition) is 3. The van der Waals surface area contributed by atoms with Crippen LogP contribution in [0, 0.1) is 5.41 Å². The van der Waals surface area contributed by atoms with Crippen molar-refractivity contribution in [2.24, 2.45) is 5.41 Å². The summed E-state index contributed by atoms with van der Waals surface area (Å²) in [4.78, 5) is 15.5. The molecule has 0 aliphatic heterocycles. The molecule has 0 radical (unpaired) electrons. The Labute approximate surface area is 180 Å². The standard InChI is InChI=1S/C26H33N3O/c1-4-29(19-10-6-5-7-11-19)17-16-26(2)18-24(26)28-25(30)22-14-8-13-21-20(22)12-9-15-23(21)27-3/h6,8-15,24,27H,4-5,7,16-18H2,1-3H3,(H,28,30). The first-order valence-corrected chi connectivity index (χ1v) is 11.2. The van der Waals surface area contributed by atoms with Gasteiger partial charge in [0.05, 0.1) is 0 Å². The Bertz CT molecular complexity index is 993. The van der Waals surface area contributed by atoms with Crippen LogP contribution in [0.1, 0.15) is 49.9 Å². The van der Waals surface area contributed by atoms with E-state index >= 15 is 0 Å². The van der Waals surface area contributed by atoms with Gasteiger partial charge in [0.15, 0.2) is 0 Å². The number of nitrogens with one attached hydrogen (secondary N) is 2. The SMILES string of the molecule is CCN(CCC1(C)CC1NC(=O)c1cccc2c(NC)cccc12)C1=CCCC=C1. The van der Waals surface area contributed by atoms with Crippen LogP contribution in [0.5, 0.6) is 0 Å². The van der Waals surface area contributed by atoms with Crippen LogP contribution in [-0.4, -0.2) is 37.0 Å². The van der Waals surface area contributed by atoms with Crippen LogP contribution in [0.3, 0.4) is 0 Å². The Morgan fingerprint density at radius 2 is 1.97 bits per heavy atom.